The first kappa shape index (κ1) is 15.5. The first-order valence-electron chi connectivity index (χ1n) is 6.93. The third-order valence-corrected chi connectivity index (χ3v) is 3.77. The van der Waals surface area contributed by atoms with Crippen molar-refractivity contribution in [2.45, 2.75) is 32.2 Å². The molecule has 1 aliphatic rings. The van der Waals surface area contributed by atoms with Crippen molar-refractivity contribution in [2.75, 3.05) is 0 Å². The third kappa shape index (κ3) is 3.62. The fourth-order valence-electron chi connectivity index (χ4n) is 2.45. The summed E-state index contributed by atoms with van der Waals surface area (Å²) in [6, 6.07) is 9.09. The number of hydrogen-bond donors (Lipinski definition) is 1. The predicted octanol–water partition coefficient (Wildman–Crippen LogP) is 2.68. The van der Waals surface area contributed by atoms with Gasteiger partial charge in [-0.25, -0.2) is 0 Å². The molecule has 3 atom stereocenters. The van der Waals surface area contributed by atoms with Crippen LogP contribution in [0, 0.1) is 23.2 Å². The summed E-state index contributed by atoms with van der Waals surface area (Å²) < 4.78 is 0. The fourth-order valence-corrected chi connectivity index (χ4v) is 2.65. The van der Waals surface area contributed by atoms with E-state index in [1.54, 1.807) is 19.9 Å². The molecule has 1 aromatic rings. The van der Waals surface area contributed by atoms with E-state index in [9.17, 15) is 9.59 Å². The SMILES string of the molecule is CC(C)NC(=O)[C@H](C#N)C(=O)[C@@H]1C[C@H]1c1cccc(Cl)c1. The molecule has 5 heteroatoms. The predicted molar refractivity (Wildman–Crippen MR) is 79.7 cm³/mol. The van der Waals surface area contributed by atoms with Gasteiger partial charge >= 0.3 is 0 Å². The highest BCUT2D eigenvalue weighted by atomic mass is 35.5. The minimum atomic E-state index is -1.22. The molecule has 1 amide bonds. The third-order valence-electron chi connectivity index (χ3n) is 3.54. The summed E-state index contributed by atoms with van der Waals surface area (Å²) in [6.45, 7) is 3.59. The zero-order valence-corrected chi connectivity index (χ0v) is 12.7. The van der Waals surface area contributed by atoms with Crippen LogP contribution in [0.2, 0.25) is 5.02 Å². The first-order chi connectivity index (χ1) is 9.93. The Morgan fingerprint density at radius 3 is 2.71 bits per heavy atom. The number of amides is 1. The lowest BCUT2D eigenvalue weighted by Crippen LogP contribution is -2.39. The van der Waals surface area contributed by atoms with Gasteiger partial charge in [0.15, 0.2) is 11.7 Å². The lowest BCUT2D eigenvalue weighted by Gasteiger charge is -2.12. The maximum absolute atomic E-state index is 12.3. The molecular weight excluding hydrogens is 288 g/mol. The summed E-state index contributed by atoms with van der Waals surface area (Å²) in [5, 5.41) is 12.3. The number of nitriles is 1. The van der Waals surface area contributed by atoms with Crippen LogP contribution in [-0.2, 0) is 9.59 Å². The zero-order chi connectivity index (χ0) is 15.6. The molecule has 1 N–H and O–H groups in total. The van der Waals surface area contributed by atoms with E-state index in [2.05, 4.69) is 5.32 Å². The molecule has 0 aliphatic heterocycles. The van der Waals surface area contributed by atoms with E-state index in [1.165, 1.54) is 0 Å². The number of hydrogen-bond acceptors (Lipinski definition) is 3. The van der Waals surface area contributed by atoms with Gasteiger partial charge in [-0.15, -0.1) is 0 Å². The minimum absolute atomic E-state index is 0.0684. The normalized spacial score (nSPS) is 21.5. The summed E-state index contributed by atoms with van der Waals surface area (Å²) in [4.78, 5) is 24.2. The Bertz CT molecular complexity index is 607. The smallest absolute Gasteiger partial charge is 0.245 e. The molecule has 0 aromatic heterocycles. The molecule has 0 unspecified atom stereocenters. The Hall–Kier alpha value is -1.86. The van der Waals surface area contributed by atoms with Crippen LogP contribution in [-0.4, -0.2) is 17.7 Å². The van der Waals surface area contributed by atoms with Gasteiger partial charge in [-0.1, -0.05) is 23.7 Å². The Morgan fingerprint density at radius 1 is 1.43 bits per heavy atom. The molecule has 2 rings (SSSR count). The van der Waals surface area contributed by atoms with Gasteiger partial charge in [0.05, 0.1) is 6.07 Å². The van der Waals surface area contributed by atoms with Gasteiger partial charge in [-0.2, -0.15) is 5.26 Å². The minimum Gasteiger partial charge on any atom is -0.352 e. The van der Waals surface area contributed by atoms with E-state index in [1.807, 2.05) is 24.3 Å². The Labute approximate surface area is 129 Å². The molecule has 110 valence electrons. The second-order valence-corrected chi connectivity index (χ2v) is 6.07. The van der Waals surface area contributed by atoms with Gasteiger partial charge < -0.3 is 5.32 Å². The van der Waals surface area contributed by atoms with Crippen molar-refractivity contribution >= 4 is 23.3 Å². The molecule has 0 radical (unpaired) electrons. The second kappa shape index (κ2) is 6.28. The lowest BCUT2D eigenvalue weighted by molar-refractivity contribution is -0.132. The average molecular weight is 305 g/mol. The molecule has 1 aliphatic carbocycles. The highest BCUT2D eigenvalue weighted by Gasteiger charge is 2.47. The van der Waals surface area contributed by atoms with Crippen molar-refractivity contribution in [3.8, 4) is 6.07 Å². The van der Waals surface area contributed by atoms with Crippen molar-refractivity contribution in [3.05, 3.63) is 34.9 Å². The average Bonchev–Trinajstić information content (AvgIpc) is 3.18. The summed E-state index contributed by atoms with van der Waals surface area (Å²) in [7, 11) is 0. The van der Waals surface area contributed by atoms with Crippen LogP contribution in [0.5, 0.6) is 0 Å². The van der Waals surface area contributed by atoms with Crippen molar-refractivity contribution in [1.29, 1.82) is 5.26 Å². The molecule has 0 bridgehead atoms. The van der Waals surface area contributed by atoms with Gasteiger partial charge in [0, 0.05) is 17.0 Å². The fraction of sp³-hybridized carbons (Fsp3) is 0.438. The molecule has 0 spiro atoms. The van der Waals surface area contributed by atoms with Gasteiger partial charge in [0.25, 0.3) is 0 Å². The molecular formula is C16H17ClN2O2. The molecule has 0 saturated heterocycles. The van der Waals surface area contributed by atoms with Gasteiger partial charge in [-0.05, 0) is 43.9 Å². The number of carbonyl (C=O) groups is 2. The van der Waals surface area contributed by atoms with Crippen LogP contribution in [0.15, 0.2) is 24.3 Å². The Morgan fingerprint density at radius 2 is 2.14 bits per heavy atom. The molecule has 1 aromatic carbocycles. The van der Waals surface area contributed by atoms with E-state index in [0.29, 0.717) is 11.4 Å². The van der Waals surface area contributed by atoms with Gasteiger partial charge in [0.2, 0.25) is 5.91 Å². The molecule has 0 heterocycles. The van der Waals surface area contributed by atoms with Crippen LogP contribution in [0.4, 0.5) is 0 Å². The molecule has 1 fully saturated rings. The zero-order valence-electron chi connectivity index (χ0n) is 12.0. The second-order valence-electron chi connectivity index (χ2n) is 5.63. The van der Waals surface area contributed by atoms with E-state index < -0.39 is 11.8 Å². The van der Waals surface area contributed by atoms with E-state index >= 15 is 0 Å². The topological polar surface area (TPSA) is 70.0 Å². The number of rotatable bonds is 5. The van der Waals surface area contributed by atoms with Crippen molar-refractivity contribution in [3.63, 3.8) is 0 Å². The number of benzene rings is 1. The van der Waals surface area contributed by atoms with Crippen LogP contribution < -0.4 is 5.32 Å². The summed E-state index contributed by atoms with van der Waals surface area (Å²) >= 11 is 5.94. The maximum atomic E-state index is 12.3. The number of nitrogens with zero attached hydrogens (tertiary/aromatic N) is 1. The number of ketones is 1. The molecule has 1 saturated carbocycles. The first-order valence-corrected chi connectivity index (χ1v) is 7.31. The van der Waals surface area contributed by atoms with Crippen LogP contribution in [0.3, 0.4) is 0 Å². The number of carbonyl (C=O) groups excluding carboxylic acids is 2. The molecule has 4 nitrogen and oxygen atoms in total. The highest BCUT2D eigenvalue weighted by Crippen LogP contribution is 2.49. The highest BCUT2D eigenvalue weighted by molar-refractivity contribution is 6.30. The Kier molecular flexibility index (Phi) is 4.64. The Balaban J connectivity index is 2.05. The summed E-state index contributed by atoms with van der Waals surface area (Å²) in [5.41, 5.74) is 0.988. The van der Waals surface area contributed by atoms with Crippen LogP contribution in [0.1, 0.15) is 31.7 Å². The van der Waals surface area contributed by atoms with Gasteiger partial charge in [-0.3, -0.25) is 9.59 Å². The summed E-state index contributed by atoms with van der Waals surface area (Å²) in [6.07, 6.45) is 0.673. The number of nitrogens with one attached hydrogen (secondary N) is 1. The van der Waals surface area contributed by atoms with Crippen LogP contribution in [0.25, 0.3) is 0 Å². The number of Topliss-reactive ketones (excluding diaryl/α,β-unsaturated/α-hetero) is 1. The molecule has 21 heavy (non-hydrogen) atoms. The van der Waals surface area contributed by atoms with Crippen molar-refractivity contribution in [2.24, 2.45) is 11.8 Å². The van der Waals surface area contributed by atoms with E-state index in [0.717, 1.165) is 5.56 Å². The number of halogens is 1. The maximum Gasteiger partial charge on any atom is 0.245 e. The van der Waals surface area contributed by atoms with Crippen molar-refractivity contribution in [1.82, 2.24) is 5.32 Å². The van der Waals surface area contributed by atoms with E-state index in [4.69, 9.17) is 16.9 Å². The van der Waals surface area contributed by atoms with Crippen molar-refractivity contribution < 1.29 is 9.59 Å². The van der Waals surface area contributed by atoms with Crippen LogP contribution >= 0.6 is 11.6 Å². The quantitative estimate of drug-likeness (QED) is 0.850. The largest absolute Gasteiger partial charge is 0.352 e. The lowest BCUT2D eigenvalue weighted by atomic mass is 9.98. The van der Waals surface area contributed by atoms with E-state index in [-0.39, 0.29) is 23.7 Å². The standard InChI is InChI=1S/C16H17ClN2O2/c1-9(2)19-16(21)14(8-18)15(20)13-7-12(13)10-4-3-5-11(17)6-10/h3-6,9,12-14H,7H2,1-2H3,(H,19,21)/t12-,13+,14+/m0/s1. The van der Waals surface area contributed by atoms with Gasteiger partial charge in [0.1, 0.15) is 0 Å². The monoisotopic (exact) mass is 304 g/mol. The summed E-state index contributed by atoms with van der Waals surface area (Å²) in [5.74, 6) is -2.21.